The number of fused-ring (bicyclic) bond motifs is 10. The topological polar surface area (TPSA) is 40.5 Å². The quantitative estimate of drug-likeness (QED) is 0.366. The number of aliphatic hydroxyl groups excluding tert-OH is 2. The first-order chi connectivity index (χ1) is 10.7. The second-order valence-electron chi connectivity index (χ2n) is 9.44. The Morgan fingerprint density at radius 2 is 0.808 bits per heavy atom. The molecule has 0 aromatic rings. The van der Waals surface area contributed by atoms with E-state index in [1.165, 1.54) is 51.4 Å². The zero-order valence-electron chi connectivity index (χ0n) is 16.6. The molecule has 2 nitrogen and oxygen atoms in total. The van der Waals surface area contributed by atoms with Crippen molar-refractivity contribution in [2.75, 3.05) is 0 Å². The van der Waals surface area contributed by atoms with E-state index in [1.54, 1.807) is 0 Å². The zero-order chi connectivity index (χ0) is 14.8. The molecule has 152 valence electrons. The summed E-state index contributed by atoms with van der Waals surface area (Å²) in [5, 5.41) is 19.3. The fourth-order valence-corrected chi connectivity index (χ4v) is 8.06. The van der Waals surface area contributed by atoms with E-state index in [-0.39, 0.29) is 69.2 Å². The first kappa shape index (κ1) is 25.3. The van der Waals surface area contributed by atoms with Gasteiger partial charge in [0.1, 0.15) is 0 Å². The molecule has 0 aliphatic heterocycles. The Hall–Kier alpha value is 1.30. The molecule has 10 unspecified atom stereocenters. The monoisotopic (exact) mass is 702 g/mol. The van der Waals surface area contributed by atoms with Crippen LogP contribution in [0.5, 0.6) is 0 Å². The maximum atomic E-state index is 9.67. The minimum atomic E-state index is 0. The van der Waals surface area contributed by atoms with E-state index in [4.69, 9.17) is 0 Å². The van der Waals surface area contributed by atoms with Crippen molar-refractivity contribution < 1.29 is 52.3 Å². The molecule has 6 aliphatic rings. The van der Waals surface area contributed by atoms with Gasteiger partial charge in [-0.25, -0.2) is 0 Å². The number of rotatable bonds is 0. The van der Waals surface area contributed by atoms with Gasteiger partial charge in [-0.3, -0.25) is 0 Å². The van der Waals surface area contributed by atoms with Crippen molar-refractivity contribution >= 4 is 0 Å². The van der Waals surface area contributed by atoms with Crippen molar-refractivity contribution in [1.29, 1.82) is 0 Å². The van der Waals surface area contributed by atoms with Crippen LogP contribution < -0.4 is 0 Å². The molecule has 26 heavy (non-hydrogen) atoms. The predicted octanol–water partition coefficient (Wildman–Crippen LogP) is 4.50. The molecule has 0 heterocycles. The molecular weight excluding hydrogens is 664 g/mol. The van der Waals surface area contributed by atoms with Crippen LogP contribution in [0, 0.1) is 62.2 Å². The Bertz CT molecular complexity index is 406. The van der Waals surface area contributed by atoms with Crippen LogP contribution in [-0.4, -0.2) is 22.4 Å². The van der Waals surface area contributed by atoms with Crippen molar-refractivity contribution in [3.63, 3.8) is 0 Å². The fraction of sp³-hybridized carbons (Fsp3) is 0.909. The van der Waals surface area contributed by atoms with E-state index in [0.29, 0.717) is 11.8 Å². The van der Waals surface area contributed by atoms with Crippen molar-refractivity contribution in [3.05, 3.63) is 14.9 Å². The van der Waals surface area contributed by atoms with Crippen LogP contribution >= 0.6 is 0 Å². The summed E-state index contributed by atoms with van der Waals surface area (Å²) in [4.78, 5) is 0. The third-order valence-electron chi connectivity index (χ3n) is 8.79. The molecule has 0 aromatic heterocycles. The zero-order valence-corrected chi connectivity index (χ0v) is 22.4. The molecular formula is C22H38O2W2-2. The van der Waals surface area contributed by atoms with Crippen LogP contribution in [0.25, 0.3) is 0 Å². The van der Waals surface area contributed by atoms with Gasteiger partial charge in [-0.2, -0.15) is 0 Å². The molecule has 4 bridgehead atoms. The normalized spacial score (nSPS) is 51.0. The summed E-state index contributed by atoms with van der Waals surface area (Å²) in [6.07, 6.45) is 13.8. The minimum absolute atomic E-state index is 0. The average Bonchev–Trinajstić information content (AvgIpc) is 3.27. The Morgan fingerprint density at radius 1 is 0.462 bits per heavy atom. The van der Waals surface area contributed by atoms with Crippen LogP contribution in [0.2, 0.25) is 0 Å². The first-order valence-electron chi connectivity index (χ1n) is 10.1. The van der Waals surface area contributed by atoms with Gasteiger partial charge in [-0.15, -0.1) is 0 Å². The number of hydrogen-bond acceptors (Lipinski definition) is 2. The number of aliphatic hydroxyl groups is 2. The van der Waals surface area contributed by atoms with E-state index >= 15 is 0 Å². The molecule has 2 N–H and O–H groups in total. The molecule has 0 spiro atoms. The molecule has 6 aliphatic carbocycles. The van der Waals surface area contributed by atoms with Crippen molar-refractivity contribution in [2.45, 2.75) is 76.4 Å². The Morgan fingerprint density at radius 3 is 1.19 bits per heavy atom. The van der Waals surface area contributed by atoms with Gasteiger partial charge in [0.15, 0.2) is 0 Å². The van der Waals surface area contributed by atoms with Crippen molar-refractivity contribution in [3.8, 4) is 0 Å². The Kier molecular flexibility index (Phi) is 9.61. The minimum Gasteiger partial charge on any atom is -0.393 e. The van der Waals surface area contributed by atoms with Crippen molar-refractivity contribution in [2.24, 2.45) is 47.3 Å². The third-order valence-corrected chi connectivity index (χ3v) is 8.79. The molecule has 6 rings (SSSR count). The first-order valence-corrected chi connectivity index (χ1v) is 10.1. The second-order valence-corrected chi connectivity index (χ2v) is 9.44. The van der Waals surface area contributed by atoms with Crippen LogP contribution in [0.15, 0.2) is 0 Å². The SMILES string of the molecule is OC1CC2CC1C1CCCC21.OC1CC2CC1C1CCCC21.[CH3-].[CH3-].[W].[W]. The van der Waals surface area contributed by atoms with Crippen molar-refractivity contribution in [1.82, 2.24) is 0 Å². The average molecular weight is 702 g/mol. The molecule has 10 atom stereocenters. The summed E-state index contributed by atoms with van der Waals surface area (Å²) in [7, 11) is 0. The van der Waals surface area contributed by atoms with E-state index in [9.17, 15) is 10.2 Å². The fourth-order valence-electron chi connectivity index (χ4n) is 8.06. The third kappa shape index (κ3) is 3.97. The Balaban J connectivity index is 0.000000225. The van der Waals surface area contributed by atoms with E-state index in [0.717, 1.165) is 48.3 Å². The summed E-state index contributed by atoms with van der Waals surface area (Å²) in [6.45, 7) is 0. The molecule has 0 radical (unpaired) electrons. The maximum Gasteiger partial charge on any atom is 0.0574 e. The van der Waals surface area contributed by atoms with Gasteiger partial charge in [0.25, 0.3) is 0 Å². The van der Waals surface area contributed by atoms with Gasteiger partial charge in [-0.1, -0.05) is 12.8 Å². The molecule has 0 saturated heterocycles. The van der Waals surface area contributed by atoms with Crippen LogP contribution in [0.1, 0.15) is 64.2 Å². The smallest absolute Gasteiger partial charge is 0.0574 e. The summed E-state index contributed by atoms with van der Waals surface area (Å²) in [5.74, 6) is 7.20. The van der Waals surface area contributed by atoms with Gasteiger partial charge in [0, 0.05) is 42.1 Å². The Labute approximate surface area is 190 Å². The van der Waals surface area contributed by atoms with Crippen LogP contribution in [-0.2, 0) is 42.1 Å². The van der Waals surface area contributed by atoms with E-state index in [1.807, 2.05) is 0 Å². The molecule has 4 heteroatoms. The number of hydrogen-bond donors (Lipinski definition) is 2. The van der Waals surface area contributed by atoms with E-state index in [2.05, 4.69) is 0 Å². The largest absolute Gasteiger partial charge is 0.393 e. The molecule has 6 fully saturated rings. The van der Waals surface area contributed by atoms with Crippen LogP contribution in [0.4, 0.5) is 0 Å². The van der Waals surface area contributed by atoms with E-state index < -0.39 is 0 Å². The second kappa shape index (κ2) is 9.87. The maximum absolute atomic E-state index is 9.67. The summed E-state index contributed by atoms with van der Waals surface area (Å²) in [6, 6.07) is 0. The van der Waals surface area contributed by atoms with Gasteiger partial charge in [0.05, 0.1) is 12.2 Å². The van der Waals surface area contributed by atoms with Gasteiger partial charge in [0.2, 0.25) is 0 Å². The molecule has 0 aromatic carbocycles. The van der Waals surface area contributed by atoms with Crippen LogP contribution in [0.3, 0.4) is 0 Å². The standard InChI is InChI=1S/2C10H16O.2CH3.2W/c2*11-10-5-6-4-9(10)8-3-1-2-7(6)8;;;;/h2*6-11H,1-5H2;2*1H3;;/q;;2*-1;;. The summed E-state index contributed by atoms with van der Waals surface area (Å²) < 4.78 is 0. The van der Waals surface area contributed by atoms with Gasteiger partial charge < -0.3 is 25.1 Å². The van der Waals surface area contributed by atoms with Gasteiger partial charge >= 0.3 is 0 Å². The summed E-state index contributed by atoms with van der Waals surface area (Å²) in [5.41, 5.74) is 0. The van der Waals surface area contributed by atoms with Gasteiger partial charge in [-0.05, 0) is 98.7 Å². The predicted molar refractivity (Wildman–Crippen MR) is 98.9 cm³/mol. The molecule has 6 saturated carbocycles. The molecule has 0 amide bonds. The summed E-state index contributed by atoms with van der Waals surface area (Å²) >= 11 is 0.